The van der Waals surface area contributed by atoms with E-state index in [9.17, 15) is 5.11 Å². The molecule has 0 aliphatic rings. The third-order valence-electron chi connectivity index (χ3n) is 4.34. The minimum atomic E-state index is 0. The van der Waals surface area contributed by atoms with Crippen LogP contribution in [0.4, 0.5) is 23.5 Å². The van der Waals surface area contributed by atoms with E-state index in [1.165, 1.54) is 6.21 Å². The molecule has 0 saturated carbocycles. The van der Waals surface area contributed by atoms with Gasteiger partial charge in [-0.05, 0) is 54.6 Å². The van der Waals surface area contributed by atoms with Gasteiger partial charge in [-0.2, -0.15) is 20.1 Å². The maximum Gasteiger partial charge on any atom is 0.250 e. The Balaban J connectivity index is 0.00000324. The lowest BCUT2D eigenvalue weighted by Crippen LogP contribution is -2.09. The Kier molecular flexibility index (Phi) is 8.66. The van der Waals surface area contributed by atoms with E-state index >= 15 is 0 Å². The standard InChI is InChI=1S/C22H20BrN7O3.ClH/c1-32-17-7-5-16(6-8-17)26-21-27-20(24-13-18-3-2-10-33-18)28-22(29-21)30-25-12-14-11-15(23)4-9-19(14)31;/h2-12,31H,13H2,1H3,(H3,24,26,27,28,29,30);1H. The number of ether oxygens (including phenoxy) is 1. The number of benzene rings is 2. The summed E-state index contributed by atoms with van der Waals surface area (Å²) < 4.78 is 11.3. The van der Waals surface area contributed by atoms with Gasteiger partial charge in [0.15, 0.2) is 0 Å². The number of hydrogen-bond donors (Lipinski definition) is 4. The van der Waals surface area contributed by atoms with Crippen LogP contribution in [0.1, 0.15) is 11.3 Å². The number of nitrogens with one attached hydrogen (secondary N) is 3. The second-order valence-corrected chi connectivity index (χ2v) is 7.58. The monoisotopic (exact) mass is 545 g/mol. The zero-order valence-electron chi connectivity index (χ0n) is 17.9. The molecule has 10 nitrogen and oxygen atoms in total. The lowest BCUT2D eigenvalue weighted by atomic mass is 10.2. The molecule has 4 aromatic rings. The van der Waals surface area contributed by atoms with Crippen molar-refractivity contribution in [3.05, 3.63) is 76.7 Å². The zero-order valence-corrected chi connectivity index (χ0v) is 20.3. The average molecular weight is 547 g/mol. The van der Waals surface area contributed by atoms with Gasteiger partial charge in [0.05, 0.1) is 26.1 Å². The third kappa shape index (κ3) is 6.83. The summed E-state index contributed by atoms with van der Waals surface area (Å²) in [6.07, 6.45) is 3.07. The topological polar surface area (TPSA) is 130 Å². The smallest absolute Gasteiger partial charge is 0.250 e. The first-order valence-electron chi connectivity index (χ1n) is 9.80. The van der Waals surface area contributed by atoms with Crippen LogP contribution in [0.25, 0.3) is 0 Å². The predicted octanol–water partition coefficient (Wildman–Crippen LogP) is 5.16. The van der Waals surface area contributed by atoms with E-state index in [0.29, 0.717) is 24.0 Å². The normalized spacial score (nSPS) is 10.5. The second kappa shape index (κ2) is 11.9. The highest BCUT2D eigenvalue weighted by molar-refractivity contribution is 9.10. The molecule has 4 rings (SSSR count). The molecule has 12 heteroatoms. The number of aromatic hydroxyl groups is 1. The molecule has 0 bridgehead atoms. The van der Waals surface area contributed by atoms with Gasteiger partial charge in [0.1, 0.15) is 17.3 Å². The molecule has 0 atom stereocenters. The fourth-order valence-corrected chi connectivity index (χ4v) is 3.11. The quantitative estimate of drug-likeness (QED) is 0.166. The summed E-state index contributed by atoms with van der Waals surface area (Å²) in [6.45, 7) is 0.396. The highest BCUT2D eigenvalue weighted by atomic mass is 79.9. The van der Waals surface area contributed by atoms with Crippen LogP contribution in [0.15, 0.2) is 74.9 Å². The largest absolute Gasteiger partial charge is 0.507 e. The van der Waals surface area contributed by atoms with E-state index in [0.717, 1.165) is 21.7 Å². The average Bonchev–Trinajstić information content (AvgIpc) is 3.34. The van der Waals surface area contributed by atoms with Crippen molar-refractivity contribution in [3.63, 3.8) is 0 Å². The number of halogens is 2. The molecule has 2 heterocycles. The minimum Gasteiger partial charge on any atom is -0.507 e. The third-order valence-corrected chi connectivity index (χ3v) is 4.83. The number of phenolic OH excluding ortho intramolecular Hbond substituents is 1. The molecular weight excluding hydrogens is 526 g/mol. The van der Waals surface area contributed by atoms with E-state index in [1.54, 1.807) is 37.6 Å². The Bertz CT molecular complexity index is 1240. The number of anilines is 4. The SMILES string of the molecule is COc1ccc(Nc2nc(NCc3ccco3)nc(NN=Cc3cc(Br)ccc3O)n2)cc1.Cl. The number of phenols is 1. The lowest BCUT2D eigenvalue weighted by molar-refractivity contribution is 0.415. The number of rotatable bonds is 9. The minimum absolute atomic E-state index is 0. The van der Waals surface area contributed by atoms with Crippen LogP contribution >= 0.6 is 28.3 Å². The van der Waals surface area contributed by atoms with Crippen molar-refractivity contribution in [2.45, 2.75) is 6.54 Å². The van der Waals surface area contributed by atoms with Crippen LogP contribution in [-0.4, -0.2) is 33.4 Å². The molecule has 0 radical (unpaired) electrons. The summed E-state index contributed by atoms with van der Waals surface area (Å²) in [5.74, 6) is 2.40. The van der Waals surface area contributed by atoms with Crippen LogP contribution in [0.3, 0.4) is 0 Å². The molecule has 2 aromatic heterocycles. The molecule has 176 valence electrons. The van der Waals surface area contributed by atoms with Gasteiger partial charge < -0.3 is 24.9 Å². The van der Waals surface area contributed by atoms with Crippen molar-refractivity contribution in [2.24, 2.45) is 5.10 Å². The fraction of sp³-hybridized carbons (Fsp3) is 0.0909. The molecule has 0 unspecified atom stereocenters. The Morgan fingerprint density at radius 2 is 1.82 bits per heavy atom. The van der Waals surface area contributed by atoms with Crippen LogP contribution in [0.2, 0.25) is 0 Å². The maximum atomic E-state index is 9.96. The summed E-state index contributed by atoms with van der Waals surface area (Å²) in [6, 6.07) is 16.0. The van der Waals surface area contributed by atoms with Crippen molar-refractivity contribution in [2.75, 3.05) is 23.2 Å². The van der Waals surface area contributed by atoms with Crippen LogP contribution in [0, 0.1) is 0 Å². The van der Waals surface area contributed by atoms with Gasteiger partial charge in [0, 0.05) is 15.7 Å². The molecule has 0 aliphatic carbocycles. The number of methoxy groups -OCH3 is 1. The fourth-order valence-electron chi connectivity index (χ4n) is 2.73. The van der Waals surface area contributed by atoms with E-state index in [-0.39, 0.29) is 24.1 Å². The first kappa shape index (κ1) is 24.8. The van der Waals surface area contributed by atoms with E-state index in [1.807, 2.05) is 30.3 Å². The Labute approximate surface area is 210 Å². The first-order chi connectivity index (χ1) is 16.1. The number of aromatic nitrogens is 3. The molecule has 0 saturated heterocycles. The molecule has 0 fully saturated rings. The Morgan fingerprint density at radius 1 is 1.06 bits per heavy atom. The number of nitrogens with zero attached hydrogens (tertiary/aromatic N) is 4. The van der Waals surface area contributed by atoms with Gasteiger partial charge >= 0.3 is 0 Å². The molecule has 0 aliphatic heterocycles. The number of furan rings is 1. The summed E-state index contributed by atoms with van der Waals surface area (Å²) in [5.41, 5.74) is 4.07. The summed E-state index contributed by atoms with van der Waals surface area (Å²) >= 11 is 3.37. The Morgan fingerprint density at radius 3 is 2.56 bits per heavy atom. The second-order valence-electron chi connectivity index (χ2n) is 6.67. The summed E-state index contributed by atoms with van der Waals surface area (Å²) in [7, 11) is 1.61. The maximum absolute atomic E-state index is 9.96. The van der Waals surface area contributed by atoms with Crippen LogP contribution in [-0.2, 0) is 6.54 Å². The zero-order chi connectivity index (χ0) is 23.0. The highest BCUT2D eigenvalue weighted by Gasteiger charge is 2.08. The van der Waals surface area contributed by atoms with Crippen molar-refractivity contribution < 1.29 is 14.3 Å². The predicted molar refractivity (Wildman–Crippen MR) is 136 cm³/mol. The lowest BCUT2D eigenvalue weighted by Gasteiger charge is -2.10. The van der Waals surface area contributed by atoms with Gasteiger partial charge in [0.25, 0.3) is 0 Å². The van der Waals surface area contributed by atoms with Gasteiger partial charge in [-0.15, -0.1) is 12.4 Å². The van der Waals surface area contributed by atoms with E-state index < -0.39 is 0 Å². The molecule has 0 spiro atoms. The van der Waals surface area contributed by atoms with Gasteiger partial charge in [0.2, 0.25) is 17.8 Å². The summed E-state index contributed by atoms with van der Waals surface area (Å²) in [5, 5.41) is 20.3. The van der Waals surface area contributed by atoms with Crippen LogP contribution < -0.4 is 20.8 Å². The van der Waals surface area contributed by atoms with Gasteiger partial charge in [-0.1, -0.05) is 15.9 Å². The van der Waals surface area contributed by atoms with Gasteiger partial charge in [-0.25, -0.2) is 5.43 Å². The molecule has 2 aromatic carbocycles. The molecule has 0 amide bonds. The van der Waals surface area contributed by atoms with Gasteiger partial charge in [-0.3, -0.25) is 0 Å². The summed E-state index contributed by atoms with van der Waals surface area (Å²) in [4.78, 5) is 13.1. The molecule has 34 heavy (non-hydrogen) atoms. The van der Waals surface area contributed by atoms with Crippen molar-refractivity contribution in [3.8, 4) is 11.5 Å². The molecule has 4 N–H and O–H groups in total. The van der Waals surface area contributed by atoms with E-state index in [2.05, 4.69) is 52.0 Å². The molecular formula is C22H21BrClN7O3. The first-order valence-corrected chi connectivity index (χ1v) is 10.6. The van der Waals surface area contributed by atoms with Crippen molar-refractivity contribution in [1.82, 2.24) is 15.0 Å². The Hall–Kier alpha value is -3.83. The van der Waals surface area contributed by atoms with Crippen molar-refractivity contribution in [1.29, 1.82) is 0 Å². The van der Waals surface area contributed by atoms with E-state index in [4.69, 9.17) is 9.15 Å². The van der Waals surface area contributed by atoms with Crippen LogP contribution in [0.5, 0.6) is 11.5 Å². The number of hydrazone groups is 1. The highest BCUT2D eigenvalue weighted by Crippen LogP contribution is 2.21. The number of hydrogen-bond acceptors (Lipinski definition) is 10. The van der Waals surface area contributed by atoms with Crippen molar-refractivity contribution >= 4 is 58.1 Å².